The van der Waals surface area contributed by atoms with E-state index in [0.29, 0.717) is 5.69 Å². The Morgan fingerprint density at radius 2 is 2.00 bits per heavy atom. The van der Waals surface area contributed by atoms with Crippen LogP contribution in [0.5, 0.6) is 5.75 Å². The topological polar surface area (TPSA) is 95.9 Å². The van der Waals surface area contributed by atoms with Crippen LogP contribution < -0.4 is 15.0 Å². The van der Waals surface area contributed by atoms with Crippen molar-refractivity contribution in [1.29, 1.82) is 0 Å². The fourth-order valence-electron chi connectivity index (χ4n) is 3.35. The first-order valence-corrected chi connectivity index (χ1v) is 8.45. The summed E-state index contributed by atoms with van der Waals surface area (Å²) < 4.78 is 5.68. The van der Waals surface area contributed by atoms with Crippen LogP contribution >= 0.6 is 0 Å². The molecule has 25 heavy (non-hydrogen) atoms. The van der Waals surface area contributed by atoms with E-state index in [1.165, 1.54) is 23.1 Å². The third kappa shape index (κ3) is 3.45. The highest BCUT2D eigenvalue weighted by Crippen LogP contribution is 2.38. The number of nitrogens with one attached hydrogen (secondary N) is 1. The number of carbonyl (C=O) groups is 3. The van der Waals surface area contributed by atoms with Gasteiger partial charge in [0.05, 0.1) is 11.3 Å². The third-order valence-electron chi connectivity index (χ3n) is 4.64. The third-order valence-corrected chi connectivity index (χ3v) is 4.64. The number of amides is 2. The van der Waals surface area contributed by atoms with Crippen molar-refractivity contribution in [3.05, 3.63) is 23.8 Å². The SMILES string of the molecule is CC1(C)Oc2cc(C(=O)O)ccc2N(CC(=O)NC2CCCC2)C1=O. The molecule has 1 saturated carbocycles. The Bertz CT molecular complexity index is 722. The molecule has 0 aromatic heterocycles. The Kier molecular flexibility index (Phi) is 4.41. The lowest BCUT2D eigenvalue weighted by molar-refractivity contribution is -0.134. The highest BCUT2D eigenvalue weighted by molar-refractivity contribution is 6.06. The summed E-state index contributed by atoms with van der Waals surface area (Å²) >= 11 is 0. The van der Waals surface area contributed by atoms with Crippen LogP contribution in [0.2, 0.25) is 0 Å². The van der Waals surface area contributed by atoms with Crippen LogP contribution in [0.15, 0.2) is 18.2 Å². The lowest BCUT2D eigenvalue weighted by atomic mass is 10.0. The number of carboxylic acids is 1. The maximum atomic E-state index is 12.7. The zero-order chi connectivity index (χ0) is 18.2. The van der Waals surface area contributed by atoms with Crippen LogP contribution in [0, 0.1) is 0 Å². The van der Waals surface area contributed by atoms with Gasteiger partial charge < -0.3 is 15.2 Å². The zero-order valence-electron chi connectivity index (χ0n) is 14.4. The summed E-state index contributed by atoms with van der Waals surface area (Å²) in [5, 5.41) is 12.1. The van der Waals surface area contributed by atoms with Crippen molar-refractivity contribution in [2.45, 2.75) is 51.2 Å². The number of anilines is 1. The number of rotatable bonds is 4. The number of aromatic carboxylic acids is 1. The zero-order valence-corrected chi connectivity index (χ0v) is 14.4. The monoisotopic (exact) mass is 346 g/mol. The number of hydrogen-bond donors (Lipinski definition) is 2. The summed E-state index contributed by atoms with van der Waals surface area (Å²) in [6.45, 7) is 3.10. The Balaban J connectivity index is 1.85. The maximum Gasteiger partial charge on any atom is 0.335 e. The summed E-state index contributed by atoms with van der Waals surface area (Å²) in [6, 6.07) is 4.46. The molecular formula is C18H22N2O5. The van der Waals surface area contributed by atoms with E-state index in [4.69, 9.17) is 9.84 Å². The minimum atomic E-state index is -1.17. The van der Waals surface area contributed by atoms with Crippen LogP contribution in [-0.4, -0.2) is 41.1 Å². The van der Waals surface area contributed by atoms with Crippen LogP contribution in [-0.2, 0) is 9.59 Å². The number of benzene rings is 1. The Morgan fingerprint density at radius 1 is 1.32 bits per heavy atom. The molecule has 0 saturated heterocycles. The first-order valence-electron chi connectivity index (χ1n) is 8.45. The van der Waals surface area contributed by atoms with Gasteiger partial charge in [-0.2, -0.15) is 0 Å². The Morgan fingerprint density at radius 3 is 2.64 bits per heavy atom. The van der Waals surface area contributed by atoms with E-state index in [1.807, 2.05) is 0 Å². The molecule has 1 heterocycles. The molecule has 2 amide bonds. The number of carboxylic acid groups (broad SMARTS) is 1. The van der Waals surface area contributed by atoms with Gasteiger partial charge in [-0.05, 0) is 44.9 Å². The van der Waals surface area contributed by atoms with Gasteiger partial charge in [-0.15, -0.1) is 0 Å². The van der Waals surface area contributed by atoms with E-state index < -0.39 is 11.6 Å². The number of carbonyl (C=O) groups excluding carboxylic acids is 2. The minimum Gasteiger partial charge on any atom is -0.478 e. The second-order valence-electron chi connectivity index (χ2n) is 7.04. The van der Waals surface area contributed by atoms with E-state index in [-0.39, 0.29) is 35.7 Å². The molecule has 0 radical (unpaired) electrons. The van der Waals surface area contributed by atoms with Crippen molar-refractivity contribution in [1.82, 2.24) is 5.32 Å². The summed E-state index contributed by atoms with van der Waals surface area (Å²) in [6.07, 6.45) is 4.14. The lowest BCUT2D eigenvalue weighted by Gasteiger charge is -2.38. The van der Waals surface area contributed by atoms with E-state index >= 15 is 0 Å². The van der Waals surface area contributed by atoms with Crippen molar-refractivity contribution >= 4 is 23.5 Å². The van der Waals surface area contributed by atoms with E-state index in [1.54, 1.807) is 13.8 Å². The highest BCUT2D eigenvalue weighted by Gasteiger charge is 2.42. The van der Waals surface area contributed by atoms with Crippen molar-refractivity contribution in [3.63, 3.8) is 0 Å². The predicted molar refractivity (Wildman–Crippen MR) is 90.9 cm³/mol. The first kappa shape index (κ1) is 17.3. The second kappa shape index (κ2) is 6.38. The van der Waals surface area contributed by atoms with Crippen LogP contribution in [0.4, 0.5) is 5.69 Å². The molecule has 7 nitrogen and oxygen atoms in total. The summed E-state index contributed by atoms with van der Waals surface area (Å²) in [4.78, 5) is 37.6. The molecular weight excluding hydrogens is 324 g/mol. The fraction of sp³-hybridized carbons (Fsp3) is 0.500. The summed E-state index contributed by atoms with van der Waals surface area (Å²) in [5.74, 6) is -1.33. The van der Waals surface area contributed by atoms with Crippen LogP contribution in [0.25, 0.3) is 0 Å². The summed E-state index contributed by atoms with van der Waals surface area (Å²) in [7, 11) is 0. The normalized spacial score (nSPS) is 19.3. The molecule has 1 aromatic carbocycles. The van der Waals surface area contributed by atoms with Gasteiger partial charge in [0.25, 0.3) is 5.91 Å². The molecule has 0 spiro atoms. The molecule has 0 unspecified atom stereocenters. The molecule has 2 aliphatic rings. The van der Waals surface area contributed by atoms with Gasteiger partial charge in [0.2, 0.25) is 5.91 Å². The van der Waals surface area contributed by atoms with Gasteiger partial charge in [0, 0.05) is 6.04 Å². The lowest BCUT2D eigenvalue weighted by Crippen LogP contribution is -2.55. The molecule has 2 N–H and O–H groups in total. The van der Waals surface area contributed by atoms with Crippen molar-refractivity contribution in [2.75, 3.05) is 11.4 Å². The molecule has 3 rings (SSSR count). The van der Waals surface area contributed by atoms with Gasteiger partial charge in [-0.25, -0.2) is 4.79 Å². The summed E-state index contributed by atoms with van der Waals surface area (Å²) in [5.41, 5.74) is -0.687. The second-order valence-corrected chi connectivity index (χ2v) is 7.04. The van der Waals surface area contributed by atoms with Crippen LogP contribution in [0.3, 0.4) is 0 Å². The van der Waals surface area contributed by atoms with Crippen molar-refractivity contribution in [3.8, 4) is 5.75 Å². The number of hydrogen-bond acceptors (Lipinski definition) is 4. The predicted octanol–water partition coefficient (Wildman–Crippen LogP) is 1.95. The van der Waals surface area contributed by atoms with E-state index in [0.717, 1.165) is 25.7 Å². The van der Waals surface area contributed by atoms with Gasteiger partial charge in [0.1, 0.15) is 12.3 Å². The average Bonchev–Trinajstić information content (AvgIpc) is 3.03. The molecule has 1 aliphatic heterocycles. The van der Waals surface area contributed by atoms with E-state index in [2.05, 4.69) is 5.32 Å². The molecule has 1 aliphatic carbocycles. The Hall–Kier alpha value is -2.57. The molecule has 0 atom stereocenters. The molecule has 7 heteroatoms. The van der Waals surface area contributed by atoms with Gasteiger partial charge in [0.15, 0.2) is 5.60 Å². The fourth-order valence-corrected chi connectivity index (χ4v) is 3.35. The first-order chi connectivity index (χ1) is 11.8. The average molecular weight is 346 g/mol. The quantitative estimate of drug-likeness (QED) is 0.869. The standard InChI is InChI=1S/C18H22N2O5/c1-18(2)17(24)20(10-15(21)19-12-5-3-4-6-12)13-8-7-11(16(22)23)9-14(13)25-18/h7-9,12H,3-6,10H2,1-2H3,(H,19,21)(H,22,23). The number of ether oxygens (including phenoxy) is 1. The number of nitrogens with zero attached hydrogens (tertiary/aromatic N) is 1. The highest BCUT2D eigenvalue weighted by atomic mass is 16.5. The van der Waals surface area contributed by atoms with Gasteiger partial charge in [-0.3, -0.25) is 14.5 Å². The van der Waals surface area contributed by atoms with Crippen molar-refractivity contribution in [2.24, 2.45) is 0 Å². The van der Waals surface area contributed by atoms with Crippen LogP contribution in [0.1, 0.15) is 49.9 Å². The van der Waals surface area contributed by atoms with Gasteiger partial charge >= 0.3 is 5.97 Å². The van der Waals surface area contributed by atoms with Crippen molar-refractivity contribution < 1.29 is 24.2 Å². The largest absolute Gasteiger partial charge is 0.478 e. The number of fused-ring (bicyclic) bond motifs is 1. The van der Waals surface area contributed by atoms with Gasteiger partial charge in [-0.1, -0.05) is 12.8 Å². The molecule has 1 aromatic rings. The molecule has 0 bridgehead atoms. The molecule has 1 fully saturated rings. The minimum absolute atomic E-state index is 0.0688. The smallest absolute Gasteiger partial charge is 0.335 e. The van der Waals surface area contributed by atoms with E-state index in [9.17, 15) is 14.4 Å². The Labute approximate surface area is 146 Å². The molecule has 134 valence electrons. The maximum absolute atomic E-state index is 12.7.